The maximum atomic E-state index is 13.2. The summed E-state index contributed by atoms with van der Waals surface area (Å²) in [7, 11) is 0. The van der Waals surface area contributed by atoms with Gasteiger partial charge in [-0.25, -0.2) is 0 Å². The van der Waals surface area contributed by atoms with E-state index >= 15 is 0 Å². The molecule has 2 atom stereocenters. The van der Waals surface area contributed by atoms with E-state index in [1.807, 2.05) is 35.4 Å². The molecule has 1 saturated heterocycles. The van der Waals surface area contributed by atoms with Crippen LogP contribution >= 0.6 is 11.8 Å². The number of para-hydroxylation sites is 1. The Morgan fingerprint density at radius 3 is 2.89 bits per heavy atom. The molecule has 1 amide bonds. The Morgan fingerprint density at radius 2 is 2.11 bits per heavy atom. The second-order valence-corrected chi connectivity index (χ2v) is 8.87. The SMILES string of the molecule is CC(C)[C@H](Sc1nnc(-c2c[nH]c3ccccc23)o1)C(=O)N1CCCC[C@H]1C. The van der Waals surface area contributed by atoms with Crippen LogP contribution in [0.25, 0.3) is 22.4 Å². The van der Waals surface area contributed by atoms with E-state index in [4.69, 9.17) is 4.42 Å². The number of likely N-dealkylation sites (tertiary alicyclic amines) is 1. The highest BCUT2D eigenvalue weighted by Crippen LogP contribution is 2.34. The lowest BCUT2D eigenvalue weighted by Gasteiger charge is -2.36. The zero-order valence-corrected chi connectivity index (χ0v) is 17.3. The van der Waals surface area contributed by atoms with Crippen LogP contribution in [0, 0.1) is 5.92 Å². The summed E-state index contributed by atoms with van der Waals surface area (Å²) in [6, 6.07) is 8.30. The number of rotatable bonds is 5. The third-order valence-electron chi connectivity index (χ3n) is 5.39. The van der Waals surface area contributed by atoms with Crippen LogP contribution in [0.5, 0.6) is 0 Å². The summed E-state index contributed by atoms with van der Waals surface area (Å²) < 4.78 is 5.93. The first-order valence-electron chi connectivity index (χ1n) is 9.91. The largest absolute Gasteiger partial charge is 0.411 e. The fourth-order valence-corrected chi connectivity index (χ4v) is 4.72. The van der Waals surface area contributed by atoms with Crippen LogP contribution in [0.2, 0.25) is 0 Å². The van der Waals surface area contributed by atoms with Crippen LogP contribution in [0.1, 0.15) is 40.0 Å². The van der Waals surface area contributed by atoms with Gasteiger partial charge in [0.1, 0.15) is 0 Å². The summed E-state index contributed by atoms with van der Waals surface area (Å²) in [4.78, 5) is 18.4. The predicted octanol–water partition coefficient (Wildman–Crippen LogP) is 4.74. The maximum absolute atomic E-state index is 13.2. The van der Waals surface area contributed by atoms with Crippen molar-refractivity contribution in [2.45, 2.75) is 56.5 Å². The molecule has 2 aromatic heterocycles. The van der Waals surface area contributed by atoms with Crippen LogP contribution < -0.4 is 0 Å². The Morgan fingerprint density at radius 1 is 1.29 bits per heavy atom. The first-order valence-corrected chi connectivity index (χ1v) is 10.8. The van der Waals surface area contributed by atoms with Crippen LogP contribution in [-0.4, -0.2) is 43.8 Å². The van der Waals surface area contributed by atoms with Crippen molar-refractivity contribution >= 4 is 28.6 Å². The van der Waals surface area contributed by atoms with Crippen molar-refractivity contribution in [3.8, 4) is 11.5 Å². The van der Waals surface area contributed by atoms with E-state index in [9.17, 15) is 4.79 Å². The van der Waals surface area contributed by atoms with E-state index < -0.39 is 0 Å². The number of thioether (sulfide) groups is 1. The molecule has 1 aliphatic rings. The number of hydrogen-bond acceptors (Lipinski definition) is 5. The number of carbonyl (C=O) groups excluding carboxylic acids is 1. The number of H-pyrrole nitrogens is 1. The molecule has 0 bridgehead atoms. The second kappa shape index (κ2) is 7.99. The highest BCUT2D eigenvalue weighted by molar-refractivity contribution is 8.00. The highest BCUT2D eigenvalue weighted by atomic mass is 32.2. The van der Waals surface area contributed by atoms with Gasteiger partial charge in [-0.05, 0) is 38.2 Å². The number of fused-ring (bicyclic) bond motifs is 1. The minimum absolute atomic E-state index is 0.176. The Bertz CT molecular complexity index is 964. The van der Waals surface area contributed by atoms with Crippen LogP contribution in [0.15, 0.2) is 40.1 Å². The quantitative estimate of drug-likeness (QED) is 0.629. The van der Waals surface area contributed by atoms with Crippen molar-refractivity contribution in [3.05, 3.63) is 30.5 Å². The summed E-state index contributed by atoms with van der Waals surface area (Å²) in [6.07, 6.45) is 5.23. The zero-order valence-electron chi connectivity index (χ0n) is 16.5. The first-order chi connectivity index (χ1) is 13.5. The molecule has 0 aliphatic carbocycles. The third kappa shape index (κ3) is 3.68. The number of nitrogens with one attached hydrogen (secondary N) is 1. The molecule has 28 heavy (non-hydrogen) atoms. The molecule has 1 aliphatic heterocycles. The average molecular weight is 399 g/mol. The molecule has 148 valence electrons. The van der Waals surface area contributed by atoms with Gasteiger partial charge in [0.15, 0.2) is 0 Å². The van der Waals surface area contributed by atoms with E-state index in [2.05, 4.69) is 36.0 Å². The molecule has 3 heterocycles. The summed E-state index contributed by atoms with van der Waals surface area (Å²) >= 11 is 1.38. The molecular weight excluding hydrogens is 372 g/mol. The number of carbonyl (C=O) groups is 1. The smallest absolute Gasteiger partial charge is 0.277 e. The third-order valence-corrected chi connectivity index (χ3v) is 6.76. The van der Waals surface area contributed by atoms with Crippen molar-refractivity contribution in [2.75, 3.05) is 6.54 Å². The van der Waals surface area contributed by atoms with Crippen molar-refractivity contribution in [3.63, 3.8) is 0 Å². The molecule has 0 unspecified atom stereocenters. The van der Waals surface area contributed by atoms with Gasteiger partial charge in [0, 0.05) is 29.7 Å². The summed E-state index contributed by atoms with van der Waals surface area (Å²) in [5, 5.41) is 9.69. The number of piperidine rings is 1. The molecule has 1 aromatic carbocycles. The van der Waals surface area contributed by atoms with Gasteiger partial charge < -0.3 is 14.3 Å². The monoisotopic (exact) mass is 398 g/mol. The van der Waals surface area contributed by atoms with Gasteiger partial charge in [0.05, 0.1) is 10.8 Å². The van der Waals surface area contributed by atoms with Crippen molar-refractivity contribution < 1.29 is 9.21 Å². The van der Waals surface area contributed by atoms with E-state index in [0.717, 1.165) is 35.9 Å². The lowest BCUT2D eigenvalue weighted by atomic mass is 10.0. The Balaban J connectivity index is 1.55. The lowest BCUT2D eigenvalue weighted by molar-refractivity contribution is -0.134. The normalized spacial score (nSPS) is 18.7. The minimum atomic E-state index is -0.225. The molecule has 7 heteroatoms. The Kier molecular flexibility index (Phi) is 5.44. The molecule has 3 aromatic rings. The average Bonchev–Trinajstić information content (AvgIpc) is 3.32. The van der Waals surface area contributed by atoms with Gasteiger partial charge in [-0.2, -0.15) is 0 Å². The van der Waals surface area contributed by atoms with Gasteiger partial charge in [-0.15, -0.1) is 10.2 Å². The van der Waals surface area contributed by atoms with Crippen LogP contribution in [-0.2, 0) is 4.79 Å². The number of nitrogens with zero attached hydrogens (tertiary/aromatic N) is 3. The van der Waals surface area contributed by atoms with Crippen LogP contribution in [0.3, 0.4) is 0 Å². The van der Waals surface area contributed by atoms with Crippen LogP contribution in [0.4, 0.5) is 0 Å². The molecular formula is C21H26N4O2S. The number of benzene rings is 1. The Hall–Kier alpha value is -2.28. The molecule has 0 radical (unpaired) electrons. The second-order valence-electron chi connectivity index (χ2n) is 7.78. The fraction of sp³-hybridized carbons (Fsp3) is 0.476. The van der Waals surface area contributed by atoms with Crippen molar-refractivity contribution in [1.29, 1.82) is 0 Å². The van der Waals surface area contributed by atoms with Gasteiger partial charge in [0.25, 0.3) is 11.1 Å². The first kappa shape index (κ1) is 19.1. The van der Waals surface area contributed by atoms with E-state index in [1.165, 1.54) is 18.2 Å². The van der Waals surface area contributed by atoms with Gasteiger partial charge in [-0.3, -0.25) is 4.79 Å². The highest BCUT2D eigenvalue weighted by Gasteiger charge is 2.33. The standard InChI is InChI=1S/C21H26N4O2S/c1-13(2)18(20(26)25-11-7-6-8-14(25)3)28-21-24-23-19(27-21)16-12-22-17-10-5-4-9-15(16)17/h4-5,9-10,12-14,18,22H,6-8,11H2,1-3H3/t14-,18+/m1/s1. The van der Waals surface area contributed by atoms with Crippen molar-refractivity contribution in [2.24, 2.45) is 5.92 Å². The van der Waals surface area contributed by atoms with E-state index in [-0.39, 0.29) is 17.1 Å². The van der Waals surface area contributed by atoms with E-state index in [1.54, 1.807) is 0 Å². The lowest BCUT2D eigenvalue weighted by Crippen LogP contribution is -2.47. The van der Waals surface area contributed by atoms with Gasteiger partial charge in [0.2, 0.25) is 5.91 Å². The van der Waals surface area contributed by atoms with Gasteiger partial charge >= 0.3 is 0 Å². The molecule has 0 saturated carbocycles. The number of aromatic nitrogens is 3. The van der Waals surface area contributed by atoms with Gasteiger partial charge in [-0.1, -0.05) is 43.8 Å². The maximum Gasteiger partial charge on any atom is 0.277 e. The molecule has 1 fully saturated rings. The number of amides is 1. The molecule has 0 spiro atoms. The minimum Gasteiger partial charge on any atom is -0.411 e. The number of hydrogen-bond donors (Lipinski definition) is 1. The summed E-state index contributed by atoms with van der Waals surface area (Å²) in [6.45, 7) is 7.12. The molecule has 4 rings (SSSR count). The number of aromatic amines is 1. The topological polar surface area (TPSA) is 75.0 Å². The fourth-order valence-electron chi connectivity index (χ4n) is 3.78. The Labute approximate surface area is 169 Å². The van der Waals surface area contributed by atoms with E-state index in [0.29, 0.717) is 17.2 Å². The molecule has 1 N–H and O–H groups in total. The summed E-state index contributed by atoms with van der Waals surface area (Å²) in [5.41, 5.74) is 1.91. The predicted molar refractivity (Wildman–Crippen MR) is 111 cm³/mol. The summed E-state index contributed by atoms with van der Waals surface area (Å²) in [5.74, 6) is 0.829. The zero-order chi connectivity index (χ0) is 19.7. The molecule has 6 nitrogen and oxygen atoms in total. The van der Waals surface area contributed by atoms with Crippen molar-refractivity contribution in [1.82, 2.24) is 20.1 Å².